The predicted octanol–water partition coefficient (Wildman–Crippen LogP) is 5.41. The average molecular weight is 374 g/mol. The van der Waals surface area contributed by atoms with Gasteiger partial charge in [-0.15, -0.1) is 11.3 Å². The third-order valence-corrected chi connectivity index (χ3v) is 5.20. The number of carbonyl (C=O) groups excluding carboxylic acids is 2. The molecule has 1 amide bonds. The highest BCUT2D eigenvalue weighted by Crippen LogP contribution is 2.32. The summed E-state index contributed by atoms with van der Waals surface area (Å²) in [4.78, 5) is 26.5. The first kappa shape index (κ1) is 20.2. The topological polar surface area (TPSA) is 55.4 Å². The Bertz CT molecular complexity index is 779. The summed E-state index contributed by atoms with van der Waals surface area (Å²) < 4.78 is 5.21. The molecule has 1 heterocycles. The maximum atomic E-state index is 12.4. The molecule has 140 valence electrons. The molecule has 0 saturated carbocycles. The van der Waals surface area contributed by atoms with Gasteiger partial charge in [-0.2, -0.15) is 0 Å². The molecule has 5 heteroatoms. The van der Waals surface area contributed by atoms with Crippen molar-refractivity contribution < 1.29 is 14.3 Å². The fourth-order valence-corrected chi connectivity index (χ4v) is 3.83. The molecule has 1 aromatic heterocycles. The molecule has 0 saturated heterocycles. The van der Waals surface area contributed by atoms with E-state index in [0.717, 1.165) is 26.6 Å². The Morgan fingerprint density at radius 1 is 1.08 bits per heavy atom. The van der Waals surface area contributed by atoms with Crippen LogP contribution in [0, 0.1) is 13.8 Å². The van der Waals surface area contributed by atoms with E-state index in [-0.39, 0.29) is 24.3 Å². The number of anilines is 1. The first-order valence-corrected chi connectivity index (χ1v) is 9.69. The molecule has 0 atom stereocenters. The van der Waals surface area contributed by atoms with Gasteiger partial charge in [0.25, 0.3) is 5.91 Å². The lowest BCUT2D eigenvalue weighted by atomic mass is 9.92. The second-order valence-electron chi connectivity index (χ2n) is 7.07. The van der Waals surface area contributed by atoms with Gasteiger partial charge in [0, 0.05) is 15.4 Å². The van der Waals surface area contributed by atoms with E-state index >= 15 is 0 Å². The monoisotopic (exact) mass is 373 g/mol. The van der Waals surface area contributed by atoms with Crippen molar-refractivity contribution in [1.29, 1.82) is 0 Å². The summed E-state index contributed by atoms with van der Waals surface area (Å²) in [5.74, 6) is -0.216. The third kappa shape index (κ3) is 4.73. The first-order chi connectivity index (χ1) is 12.2. The van der Waals surface area contributed by atoms with Gasteiger partial charge in [0.05, 0.1) is 5.56 Å². The van der Waals surface area contributed by atoms with Crippen molar-refractivity contribution in [1.82, 2.24) is 0 Å². The van der Waals surface area contributed by atoms with Crippen molar-refractivity contribution in [2.24, 2.45) is 0 Å². The van der Waals surface area contributed by atoms with Crippen LogP contribution in [-0.2, 0) is 9.53 Å². The average Bonchev–Trinajstić information content (AvgIpc) is 2.90. The number of ether oxygens (including phenoxy) is 1. The van der Waals surface area contributed by atoms with Gasteiger partial charge in [0.15, 0.2) is 6.61 Å². The van der Waals surface area contributed by atoms with Crippen LogP contribution in [0.15, 0.2) is 24.3 Å². The summed E-state index contributed by atoms with van der Waals surface area (Å²) in [6, 6.07) is 7.86. The van der Waals surface area contributed by atoms with Crippen molar-refractivity contribution in [3.05, 3.63) is 50.7 Å². The predicted molar refractivity (Wildman–Crippen MR) is 107 cm³/mol. The highest BCUT2D eigenvalue weighted by atomic mass is 32.1. The number of esters is 1. The van der Waals surface area contributed by atoms with Crippen LogP contribution in [0.1, 0.15) is 70.8 Å². The van der Waals surface area contributed by atoms with Gasteiger partial charge in [-0.3, -0.25) is 4.79 Å². The van der Waals surface area contributed by atoms with Crippen molar-refractivity contribution in [2.45, 2.75) is 53.4 Å². The number of aryl methyl sites for hydroxylation is 2. The number of benzene rings is 1. The SMILES string of the molecule is Cc1cc(C(=O)OCC(=O)Nc2c(C(C)C)cccc2C(C)C)c(C)s1. The lowest BCUT2D eigenvalue weighted by Gasteiger charge is -2.20. The fourth-order valence-electron chi connectivity index (χ4n) is 2.91. The maximum absolute atomic E-state index is 12.4. The van der Waals surface area contributed by atoms with Gasteiger partial charge in [-0.05, 0) is 42.9 Å². The van der Waals surface area contributed by atoms with Gasteiger partial charge in [0.1, 0.15) is 0 Å². The van der Waals surface area contributed by atoms with E-state index in [9.17, 15) is 9.59 Å². The quantitative estimate of drug-likeness (QED) is 0.689. The summed E-state index contributed by atoms with van der Waals surface area (Å²) >= 11 is 1.54. The van der Waals surface area contributed by atoms with Crippen LogP contribution >= 0.6 is 11.3 Å². The van der Waals surface area contributed by atoms with Crippen molar-refractivity contribution in [3.63, 3.8) is 0 Å². The molecule has 1 N–H and O–H groups in total. The standard InChI is InChI=1S/C21H27NO3S/c1-12(2)16-8-7-9-17(13(3)4)20(16)22-19(23)11-25-21(24)18-10-14(5)26-15(18)6/h7-10,12-13H,11H2,1-6H3,(H,22,23). The zero-order valence-corrected chi connectivity index (χ0v) is 17.1. The molecule has 0 aliphatic rings. The third-order valence-electron chi connectivity index (χ3n) is 4.23. The number of nitrogens with one attached hydrogen (secondary N) is 1. The van der Waals surface area contributed by atoms with E-state index in [2.05, 4.69) is 33.0 Å². The highest BCUT2D eigenvalue weighted by molar-refractivity contribution is 7.12. The Kier molecular flexibility index (Phi) is 6.59. The van der Waals surface area contributed by atoms with E-state index in [1.807, 2.05) is 32.0 Å². The molecule has 0 bridgehead atoms. The normalized spacial score (nSPS) is 11.1. The molecule has 4 nitrogen and oxygen atoms in total. The van der Waals surface area contributed by atoms with Crippen LogP contribution in [0.5, 0.6) is 0 Å². The number of para-hydroxylation sites is 1. The molecule has 0 unspecified atom stereocenters. The Hall–Kier alpha value is -2.14. The number of thiophene rings is 1. The summed E-state index contributed by atoms with van der Waals surface area (Å²) in [5.41, 5.74) is 3.53. The van der Waals surface area contributed by atoms with E-state index in [0.29, 0.717) is 5.56 Å². The fraction of sp³-hybridized carbons (Fsp3) is 0.429. The van der Waals surface area contributed by atoms with Crippen LogP contribution in [0.3, 0.4) is 0 Å². The van der Waals surface area contributed by atoms with E-state index in [1.165, 1.54) is 0 Å². The summed E-state index contributed by atoms with van der Waals surface area (Å²) in [6.07, 6.45) is 0. The zero-order chi connectivity index (χ0) is 19.4. The molecule has 1 aromatic carbocycles. The number of rotatable bonds is 6. The smallest absolute Gasteiger partial charge is 0.339 e. The molecule has 0 aliphatic heterocycles. The minimum Gasteiger partial charge on any atom is -0.452 e. The van der Waals surface area contributed by atoms with E-state index in [1.54, 1.807) is 17.4 Å². The van der Waals surface area contributed by atoms with Crippen molar-refractivity contribution in [2.75, 3.05) is 11.9 Å². The zero-order valence-electron chi connectivity index (χ0n) is 16.3. The van der Waals surface area contributed by atoms with Crippen molar-refractivity contribution in [3.8, 4) is 0 Å². The molecule has 0 aliphatic carbocycles. The lowest BCUT2D eigenvalue weighted by Crippen LogP contribution is -2.22. The summed E-state index contributed by atoms with van der Waals surface area (Å²) in [5, 5.41) is 2.95. The molecule has 2 aromatic rings. The molecule has 2 rings (SSSR count). The number of carbonyl (C=O) groups is 2. The molecular weight excluding hydrogens is 346 g/mol. The van der Waals surface area contributed by atoms with Crippen LogP contribution in [-0.4, -0.2) is 18.5 Å². The second kappa shape index (κ2) is 8.49. The van der Waals surface area contributed by atoms with Gasteiger partial charge in [-0.25, -0.2) is 4.79 Å². The minimum atomic E-state index is -0.455. The molecule has 26 heavy (non-hydrogen) atoms. The highest BCUT2D eigenvalue weighted by Gasteiger charge is 2.18. The van der Waals surface area contributed by atoms with Crippen LogP contribution in [0.25, 0.3) is 0 Å². The lowest BCUT2D eigenvalue weighted by molar-refractivity contribution is -0.119. The number of amides is 1. The molecule has 0 radical (unpaired) electrons. The Morgan fingerprint density at radius 2 is 1.65 bits per heavy atom. The minimum absolute atomic E-state index is 0.281. The Balaban J connectivity index is 2.10. The second-order valence-corrected chi connectivity index (χ2v) is 8.53. The molecular formula is C21H27NO3S. The Morgan fingerprint density at radius 3 is 2.12 bits per heavy atom. The van der Waals surface area contributed by atoms with Crippen LogP contribution < -0.4 is 5.32 Å². The van der Waals surface area contributed by atoms with Gasteiger partial charge >= 0.3 is 5.97 Å². The first-order valence-electron chi connectivity index (χ1n) is 8.87. The van der Waals surface area contributed by atoms with E-state index in [4.69, 9.17) is 4.74 Å². The molecule has 0 fully saturated rings. The van der Waals surface area contributed by atoms with Crippen LogP contribution in [0.2, 0.25) is 0 Å². The molecule has 0 spiro atoms. The summed E-state index contributed by atoms with van der Waals surface area (Å²) in [6.45, 7) is 11.9. The Labute approximate surface area is 159 Å². The summed E-state index contributed by atoms with van der Waals surface area (Å²) in [7, 11) is 0. The van der Waals surface area contributed by atoms with Gasteiger partial charge in [-0.1, -0.05) is 45.9 Å². The van der Waals surface area contributed by atoms with Crippen molar-refractivity contribution >= 4 is 28.9 Å². The number of hydrogen-bond donors (Lipinski definition) is 1. The van der Waals surface area contributed by atoms with Gasteiger partial charge in [0.2, 0.25) is 0 Å². The van der Waals surface area contributed by atoms with Crippen LogP contribution in [0.4, 0.5) is 5.69 Å². The maximum Gasteiger partial charge on any atom is 0.339 e. The van der Waals surface area contributed by atoms with E-state index < -0.39 is 5.97 Å². The van der Waals surface area contributed by atoms with Gasteiger partial charge < -0.3 is 10.1 Å². The number of hydrogen-bond acceptors (Lipinski definition) is 4. The largest absolute Gasteiger partial charge is 0.452 e.